The molecule has 0 radical (unpaired) electrons. The van der Waals surface area contributed by atoms with Crippen molar-refractivity contribution in [2.45, 2.75) is 19.9 Å². The van der Waals surface area contributed by atoms with Crippen molar-refractivity contribution in [1.82, 2.24) is 4.57 Å². The highest BCUT2D eigenvalue weighted by Gasteiger charge is 2.33. The van der Waals surface area contributed by atoms with E-state index in [1.807, 2.05) is 12.1 Å². The Morgan fingerprint density at radius 1 is 1.27 bits per heavy atom. The molecule has 1 aliphatic heterocycles. The maximum atomic E-state index is 13.5. The van der Waals surface area contributed by atoms with Crippen LogP contribution in [0.5, 0.6) is 11.5 Å². The van der Waals surface area contributed by atoms with Crippen LogP contribution in [0.25, 0.3) is 6.08 Å². The van der Waals surface area contributed by atoms with E-state index in [-0.39, 0.29) is 17.9 Å². The lowest BCUT2D eigenvalue weighted by Crippen LogP contribution is -2.39. The number of carbonyl (C=O) groups excluding carboxylic acids is 1. The molecule has 0 spiro atoms. The van der Waals surface area contributed by atoms with Crippen LogP contribution in [-0.4, -0.2) is 29.4 Å². The van der Waals surface area contributed by atoms with Crippen LogP contribution in [0.15, 0.2) is 68.0 Å². The molecule has 9 heteroatoms. The number of phenols is 1. The van der Waals surface area contributed by atoms with Gasteiger partial charge in [-0.25, -0.2) is 9.79 Å². The normalized spacial score (nSPS) is 15.8. The van der Waals surface area contributed by atoms with Gasteiger partial charge in [-0.2, -0.15) is 0 Å². The maximum absolute atomic E-state index is 13.5. The number of rotatable bonds is 5. The van der Waals surface area contributed by atoms with E-state index in [0.717, 1.165) is 11.1 Å². The van der Waals surface area contributed by atoms with Gasteiger partial charge in [0.1, 0.15) is 11.5 Å². The van der Waals surface area contributed by atoms with Gasteiger partial charge in [-0.1, -0.05) is 29.5 Å². The summed E-state index contributed by atoms with van der Waals surface area (Å²) in [6.45, 7) is 3.69. The van der Waals surface area contributed by atoms with Crippen molar-refractivity contribution in [3.8, 4) is 11.5 Å². The topological polar surface area (TPSA) is 90.1 Å². The molecule has 0 amide bonds. The second-order valence-corrected chi connectivity index (χ2v) is 9.15. The van der Waals surface area contributed by atoms with Crippen LogP contribution in [0, 0.1) is 0 Å². The van der Waals surface area contributed by atoms with E-state index in [1.165, 1.54) is 15.9 Å². The number of halogens is 1. The highest BCUT2D eigenvalue weighted by molar-refractivity contribution is 9.10. The van der Waals surface area contributed by atoms with Crippen molar-refractivity contribution in [3.05, 3.63) is 89.0 Å². The molecule has 1 N–H and O–H groups in total. The van der Waals surface area contributed by atoms with E-state index < -0.39 is 12.0 Å². The molecule has 2 aromatic carbocycles. The fourth-order valence-corrected chi connectivity index (χ4v) is 5.29. The Morgan fingerprint density at radius 2 is 2.00 bits per heavy atom. The van der Waals surface area contributed by atoms with E-state index in [9.17, 15) is 14.7 Å². The number of nitrogens with zero attached hydrogens (tertiary/aromatic N) is 2. The van der Waals surface area contributed by atoms with E-state index in [1.54, 1.807) is 57.4 Å². The number of aromatic nitrogens is 1. The average Bonchev–Trinajstić information content (AvgIpc) is 3.09. The first-order chi connectivity index (χ1) is 15.8. The SMILES string of the molecule is CCOC(=O)C1=C(C)N=c2s/c(=C/c3ccc(O)cc3)c(=O)n2[C@H]1c1ccc(OC)c(Br)c1. The number of esters is 1. The van der Waals surface area contributed by atoms with Crippen molar-refractivity contribution in [3.63, 3.8) is 0 Å². The van der Waals surface area contributed by atoms with E-state index >= 15 is 0 Å². The summed E-state index contributed by atoms with van der Waals surface area (Å²) in [4.78, 5) is 31.5. The number of allylic oxidation sites excluding steroid dienone is 1. The second-order valence-electron chi connectivity index (χ2n) is 7.29. The Morgan fingerprint density at radius 3 is 2.64 bits per heavy atom. The van der Waals surface area contributed by atoms with Crippen LogP contribution in [0.1, 0.15) is 31.0 Å². The third-order valence-corrected chi connectivity index (χ3v) is 6.80. The Balaban J connectivity index is 1.96. The van der Waals surface area contributed by atoms with Gasteiger partial charge in [0, 0.05) is 0 Å². The summed E-state index contributed by atoms with van der Waals surface area (Å²) in [5.74, 6) is 0.272. The largest absolute Gasteiger partial charge is 0.508 e. The zero-order valence-electron chi connectivity index (χ0n) is 18.2. The molecule has 33 heavy (non-hydrogen) atoms. The lowest BCUT2D eigenvalue weighted by atomic mass is 9.96. The van der Waals surface area contributed by atoms with Crippen LogP contribution < -0.4 is 19.6 Å². The average molecular weight is 529 g/mol. The third-order valence-electron chi connectivity index (χ3n) is 5.20. The summed E-state index contributed by atoms with van der Waals surface area (Å²) < 4.78 is 13.3. The number of carbonyl (C=O) groups is 1. The second kappa shape index (κ2) is 9.36. The number of ether oxygens (including phenoxy) is 2. The van der Waals surface area contributed by atoms with Crippen LogP contribution in [0.3, 0.4) is 0 Å². The molecular formula is C24H21BrN2O5S. The molecule has 2 heterocycles. The fourth-order valence-electron chi connectivity index (χ4n) is 3.68. The van der Waals surface area contributed by atoms with Gasteiger partial charge in [-0.3, -0.25) is 9.36 Å². The third kappa shape index (κ3) is 4.38. The summed E-state index contributed by atoms with van der Waals surface area (Å²) >= 11 is 4.74. The summed E-state index contributed by atoms with van der Waals surface area (Å²) in [7, 11) is 1.57. The Bertz CT molecular complexity index is 1440. The van der Waals surface area contributed by atoms with Gasteiger partial charge in [0.05, 0.1) is 40.0 Å². The van der Waals surface area contributed by atoms with Crippen molar-refractivity contribution in [1.29, 1.82) is 0 Å². The van der Waals surface area contributed by atoms with Crippen molar-refractivity contribution in [2.24, 2.45) is 4.99 Å². The molecule has 0 bridgehead atoms. The van der Waals surface area contributed by atoms with Gasteiger partial charge < -0.3 is 14.6 Å². The van der Waals surface area contributed by atoms with Crippen molar-refractivity contribution < 1.29 is 19.4 Å². The quantitative estimate of drug-likeness (QED) is 0.513. The lowest BCUT2D eigenvalue weighted by molar-refractivity contribution is -0.139. The molecule has 0 unspecified atom stereocenters. The molecule has 7 nitrogen and oxygen atoms in total. The number of benzene rings is 2. The number of phenolic OH excluding ortho intramolecular Hbond substituents is 1. The predicted octanol–water partition coefficient (Wildman–Crippen LogP) is 3.28. The minimum absolute atomic E-state index is 0.147. The molecule has 0 aliphatic carbocycles. The maximum Gasteiger partial charge on any atom is 0.338 e. The minimum atomic E-state index is -0.704. The molecule has 170 valence electrons. The molecule has 3 aromatic rings. The lowest BCUT2D eigenvalue weighted by Gasteiger charge is -2.25. The zero-order valence-corrected chi connectivity index (χ0v) is 20.6. The molecule has 1 atom stereocenters. The highest BCUT2D eigenvalue weighted by atomic mass is 79.9. The van der Waals surface area contributed by atoms with Crippen LogP contribution >= 0.6 is 27.3 Å². The fraction of sp³-hybridized carbons (Fsp3) is 0.208. The van der Waals surface area contributed by atoms with Gasteiger partial charge in [0.25, 0.3) is 5.56 Å². The molecule has 0 fully saturated rings. The van der Waals surface area contributed by atoms with E-state index in [0.29, 0.717) is 30.8 Å². The number of hydrogen-bond acceptors (Lipinski definition) is 7. The number of hydrogen-bond donors (Lipinski definition) is 1. The molecule has 1 aromatic heterocycles. The first kappa shape index (κ1) is 23.0. The monoisotopic (exact) mass is 528 g/mol. The van der Waals surface area contributed by atoms with Crippen molar-refractivity contribution >= 4 is 39.3 Å². The summed E-state index contributed by atoms with van der Waals surface area (Å²) in [6.07, 6.45) is 1.74. The van der Waals surface area contributed by atoms with Gasteiger partial charge >= 0.3 is 5.97 Å². The molecule has 0 saturated heterocycles. The Kier molecular flexibility index (Phi) is 6.53. The minimum Gasteiger partial charge on any atom is -0.508 e. The van der Waals surface area contributed by atoms with Gasteiger partial charge in [0.2, 0.25) is 0 Å². The van der Waals surface area contributed by atoms with Crippen LogP contribution in [0.2, 0.25) is 0 Å². The molecule has 4 rings (SSSR count). The zero-order chi connectivity index (χ0) is 23.7. The first-order valence-electron chi connectivity index (χ1n) is 10.2. The number of thiazole rings is 1. The summed E-state index contributed by atoms with van der Waals surface area (Å²) in [6, 6.07) is 11.3. The number of fused-ring (bicyclic) bond motifs is 1. The molecule has 1 aliphatic rings. The number of aromatic hydroxyl groups is 1. The Labute approximate surface area is 202 Å². The van der Waals surface area contributed by atoms with Crippen LogP contribution in [0.4, 0.5) is 0 Å². The van der Waals surface area contributed by atoms with E-state index in [4.69, 9.17) is 9.47 Å². The highest BCUT2D eigenvalue weighted by Crippen LogP contribution is 2.34. The predicted molar refractivity (Wildman–Crippen MR) is 129 cm³/mol. The van der Waals surface area contributed by atoms with Crippen LogP contribution in [-0.2, 0) is 9.53 Å². The smallest absolute Gasteiger partial charge is 0.338 e. The molecular weight excluding hydrogens is 508 g/mol. The van der Waals surface area contributed by atoms with Crippen molar-refractivity contribution in [2.75, 3.05) is 13.7 Å². The Hall–Kier alpha value is -3.17. The summed E-state index contributed by atoms with van der Waals surface area (Å²) in [5.41, 5.74) is 2.04. The standard InChI is InChI=1S/C24H21BrN2O5S/c1-4-32-23(30)20-13(2)26-24-27(21(20)15-7-10-18(31-3)17(25)12-15)22(29)19(33-24)11-14-5-8-16(28)9-6-14/h5-12,21,28H,4H2,1-3H3/b19-11+/t21-/m0/s1. The van der Waals surface area contributed by atoms with Gasteiger partial charge in [-0.15, -0.1) is 0 Å². The van der Waals surface area contributed by atoms with Gasteiger partial charge in [0.15, 0.2) is 4.80 Å². The first-order valence-corrected chi connectivity index (χ1v) is 11.8. The summed E-state index contributed by atoms with van der Waals surface area (Å²) in [5, 5.41) is 9.53. The van der Waals surface area contributed by atoms with Gasteiger partial charge in [-0.05, 0) is 71.2 Å². The number of methoxy groups -OCH3 is 1. The molecule has 0 saturated carbocycles. The van der Waals surface area contributed by atoms with E-state index in [2.05, 4.69) is 20.9 Å².